The van der Waals surface area contributed by atoms with Crippen molar-refractivity contribution in [2.24, 2.45) is 0 Å². The van der Waals surface area contributed by atoms with Crippen molar-refractivity contribution in [2.45, 2.75) is 13.3 Å². The standard InChI is InChI=1S/C17H15O3/c1-2-14-5-3-4-6-16(14)20-17(19)12-9-13-7-10-15(18)11-8-13/h4-12,18H,2H2,1H3/b12-9+. The highest BCUT2D eigenvalue weighted by atomic mass is 16.5. The van der Waals surface area contributed by atoms with Gasteiger partial charge in [-0.2, -0.15) is 0 Å². The summed E-state index contributed by atoms with van der Waals surface area (Å²) in [4.78, 5) is 11.8. The lowest BCUT2D eigenvalue weighted by molar-refractivity contribution is -0.128. The molecule has 0 aliphatic rings. The third kappa shape index (κ3) is 3.72. The van der Waals surface area contributed by atoms with Gasteiger partial charge in [0.25, 0.3) is 0 Å². The molecule has 2 aromatic rings. The topological polar surface area (TPSA) is 46.5 Å². The van der Waals surface area contributed by atoms with E-state index in [1.807, 2.05) is 13.0 Å². The number of carbonyl (C=O) groups excluding carboxylic acids is 1. The first-order valence-corrected chi connectivity index (χ1v) is 6.37. The van der Waals surface area contributed by atoms with Gasteiger partial charge >= 0.3 is 5.97 Å². The summed E-state index contributed by atoms with van der Waals surface area (Å²) in [5.74, 6) is 0.323. The summed E-state index contributed by atoms with van der Waals surface area (Å²) in [6.07, 6.45) is 3.78. The molecular formula is C17H15O3. The summed E-state index contributed by atoms with van der Waals surface area (Å²) in [5.41, 5.74) is 1.76. The van der Waals surface area contributed by atoms with E-state index in [0.717, 1.165) is 17.5 Å². The van der Waals surface area contributed by atoms with Crippen molar-refractivity contribution in [3.8, 4) is 11.5 Å². The number of hydrogen-bond acceptors (Lipinski definition) is 3. The normalized spacial score (nSPS) is 10.7. The minimum atomic E-state index is -0.432. The van der Waals surface area contributed by atoms with E-state index in [1.165, 1.54) is 6.08 Å². The zero-order valence-corrected chi connectivity index (χ0v) is 11.2. The van der Waals surface area contributed by atoms with Crippen molar-refractivity contribution in [3.63, 3.8) is 0 Å². The van der Waals surface area contributed by atoms with Crippen LogP contribution in [0.3, 0.4) is 0 Å². The third-order valence-electron chi connectivity index (χ3n) is 2.80. The van der Waals surface area contributed by atoms with Crippen molar-refractivity contribution < 1.29 is 14.6 Å². The number of phenols is 1. The largest absolute Gasteiger partial charge is 0.508 e. The van der Waals surface area contributed by atoms with Crippen LogP contribution in [0, 0.1) is 6.07 Å². The van der Waals surface area contributed by atoms with Gasteiger partial charge < -0.3 is 9.84 Å². The molecule has 0 unspecified atom stereocenters. The first-order chi connectivity index (χ1) is 9.69. The van der Waals surface area contributed by atoms with Gasteiger partial charge in [-0.1, -0.05) is 25.1 Å². The quantitative estimate of drug-likeness (QED) is 0.525. The van der Waals surface area contributed by atoms with Crippen LogP contribution in [0.5, 0.6) is 11.5 Å². The molecule has 0 fully saturated rings. The van der Waals surface area contributed by atoms with Gasteiger partial charge in [-0.25, -0.2) is 4.79 Å². The number of aromatic hydroxyl groups is 1. The highest BCUT2D eigenvalue weighted by Gasteiger charge is 2.04. The van der Waals surface area contributed by atoms with Crippen LogP contribution < -0.4 is 4.74 Å². The van der Waals surface area contributed by atoms with Gasteiger partial charge in [0, 0.05) is 6.08 Å². The Labute approximate surface area is 118 Å². The smallest absolute Gasteiger partial charge is 0.336 e. The number of benzene rings is 2. The van der Waals surface area contributed by atoms with E-state index in [0.29, 0.717) is 5.75 Å². The van der Waals surface area contributed by atoms with Crippen LogP contribution in [0.1, 0.15) is 18.1 Å². The number of aryl methyl sites for hydroxylation is 1. The molecule has 0 amide bonds. The number of phenolic OH excluding ortho intramolecular Hbond substituents is 1. The molecule has 0 aliphatic carbocycles. The minimum absolute atomic E-state index is 0.192. The van der Waals surface area contributed by atoms with Crippen LogP contribution in [0.25, 0.3) is 6.08 Å². The summed E-state index contributed by atoms with van der Waals surface area (Å²) in [5, 5.41) is 9.17. The molecule has 1 N–H and O–H groups in total. The summed E-state index contributed by atoms with van der Waals surface area (Å²) in [6.45, 7) is 1.99. The molecule has 0 atom stereocenters. The van der Waals surface area contributed by atoms with Gasteiger partial charge in [0.1, 0.15) is 11.5 Å². The maximum atomic E-state index is 11.8. The lowest BCUT2D eigenvalue weighted by Crippen LogP contribution is -2.05. The van der Waals surface area contributed by atoms with E-state index in [-0.39, 0.29) is 5.75 Å². The Morgan fingerprint density at radius 2 is 2.05 bits per heavy atom. The van der Waals surface area contributed by atoms with E-state index in [9.17, 15) is 4.79 Å². The van der Waals surface area contributed by atoms with E-state index < -0.39 is 5.97 Å². The Hall–Kier alpha value is -2.55. The number of carbonyl (C=O) groups is 1. The van der Waals surface area contributed by atoms with Gasteiger partial charge in [0.2, 0.25) is 0 Å². The zero-order valence-electron chi connectivity index (χ0n) is 11.2. The lowest BCUT2D eigenvalue weighted by atomic mass is 10.1. The van der Waals surface area contributed by atoms with E-state index >= 15 is 0 Å². The van der Waals surface area contributed by atoms with E-state index in [1.54, 1.807) is 42.5 Å². The molecule has 0 aromatic heterocycles. The number of rotatable bonds is 4. The number of hydrogen-bond donors (Lipinski definition) is 1. The second-order valence-corrected chi connectivity index (χ2v) is 4.23. The van der Waals surface area contributed by atoms with Crippen molar-refractivity contribution >= 4 is 12.0 Å². The Bertz CT molecular complexity index is 612. The first kappa shape index (κ1) is 13.9. The fourth-order valence-corrected chi connectivity index (χ4v) is 1.72. The van der Waals surface area contributed by atoms with Gasteiger partial charge in [0.05, 0.1) is 0 Å². The summed E-state index contributed by atoms with van der Waals surface area (Å²) in [6, 6.07) is 14.8. The zero-order chi connectivity index (χ0) is 14.4. The van der Waals surface area contributed by atoms with Crippen LogP contribution in [-0.2, 0) is 11.2 Å². The fraction of sp³-hybridized carbons (Fsp3) is 0.118. The van der Waals surface area contributed by atoms with Crippen molar-refractivity contribution in [2.75, 3.05) is 0 Å². The molecule has 2 rings (SSSR count). The lowest BCUT2D eigenvalue weighted by Gasteiger charge is -2.06. The van der Waals surface area contributed by atoms with Gasteiger partial charge in [0.15, 0.2) is 0 Å². The van der Waals surface area contributed by atoms with Crippen LogP contribution >= 0.6 is 0 Å². The Kier molecular flexibility index (Phi) is 4.56. The second kappa shape index (κ2) is 6.57. The van der Waals surface area contributed by atoms with Crippen molar-refractivity contribution in [1.82, 2.24) is 0 Å². The summed E-state index contributed by atoms with van der Waals surface area (Å²) >= 11 is 0. The Morgan fingerprint density at radius 1 is 1.30 bits per heavy atom. The van der Waals surface area contributed by atoms with Crippen LogP contribution in [0.2, 0.25) is 0 Å². The molecule has 0 saturated carbocycles. The van der Waals surface area contributed by atoms with Crippen LogP contribution in [-0.4, -0.2) is 11.1 Å². The van der Waals surface area contributed by atoms with Crippen molar-refractivity contribution in [3.05, 3.63) is 65.7 Å². The molecule has 0 bridgehead atoms. The van der Waals surface area contributed by atoms with Crippen molar-refractivity contribution in [1.29, 1.82) is 0 Å². The number of ether oxygens (including phenoxy) is 1. The Morgan fingerprint density at radius 3 is 2.75 bits per heavy atom. The molecule has 20 heavy (non-hydrogen) atoms. The molecular weight excluding hydrogens is 252 g/mol. The minimum Gasteiger partial charge on any atom is -0.508 e. The average Bonchev–Trinajstić information content (AvgIpc) is 2.47. The molecule has 0 heterocycles. The summed E-state index contributed by atoms with van der Waals surface area (Å²) in [7, 11) is 0. The molecule has 101 valence electrons. The van der Waals surface area contributed by atoms with Crippen LogP contribution in [0.4, 0.5) is 0 Å². The Balaban J connectivity index is 2.03. The second-order valence-electron chi connectivity index (χ2n) is 4.23. The van der Waals surface area contributed by atoms with Gasteiger partial charge in [-0.05, 0) is 54.0 Å². The van der Waals surface area contributed by atoms with Gasteiger partial charge in [-0.3, -0.25) is 0 Å². The number of esters is 1. The third-order valence-corrected chi connectivity index (χ3v) is 2.80. The van der Waals surface area contributed by atoms with E-state index in [2.05, 4.69) is 6.07 Å². The monoisotopic (exact) mass is 267 g/mol. The molecule has 0 saturated heterocycles. The van der Waals surface area contributed by atoms with Crippen LogP contribution in [0.15, 0.2) is 48.5 Å². The SMILES string of the molecule is CCc1c[c]ccc1OC(=O)/C=C/c1ccc(O)cc1. The molecule has 0 aliphatic heterocycles. The highest BCUT2D eigenvalue weighted by Crippen LogP contribution is 2.18. The summed E-state index contributed by atoms with van der Waals surface area (Å²) < 4.78 is 5.29. The maximum absolute atomic E-state index is 11.8. The predicted octanol–water partition coefficient (Wildman–Crippen LogP) is 3.37. The fourth-order valence-electron chi connectivity index (χ4n) is 1.72. The molecule has 3 nitrogen and oxygen atoms in total. The van der Waals surface area contributed by atoms with E-state index in [4.69, 9.17) is 9.84 Å². The predicted molar refractivity (Wildman–Crippen MR) is 77.4 cm³/mol. The molecule has 2 aromatic carbocycles. The highest BCUT2D eigenvalue weighted by molar-refractivity contribution is 5.88. The average molecular weight is 267 g/mol. The maximum Gasteiger partial charge on any atom is 0.336 e. The molecule has 0 spiro atoms. The van der Waals surface area contributed by atoms with Gasteiger partial charge in [-0.15, -0.1) is 0 Å². The molecule has 1 radical (unpaired) electrons. The first-order valence-electron chi connectivity index (χ1n) is 6.37. The molecule has 3 heteroatoms.